The highest BCUT2D eigenvalue weighted by Crippen LogP contribution is 2.18. The van der Waals surface area contributed by atoms with Crippen molar-refractivity contribution in [2.75, 3.05) is 7.11 Å². The normalized spacial score (nSPS) is 10.3. The number of pyridine rings is 2. The van der Waals surface area contributed by atoms with Gasteiger partial charge in [0.15, 0.2) is 0 Å². The molecule has 0 amide bonds. The molecule has 0 aliphatic rings. The van der Waals surface area contributed by atoms with E-state index in [2.05, 4.69) is 15.1 Å². The molecular weight excluding hydrogens is 266 g/mol. The molecule has 3 aromatic heterocycles. The van der Waals surface area contributed by atoms with Crippen LogP contribution in [0.15, 0.2) is 55.1 Å². The molecule has 0 saturated heterocycles. The zero-order chi connectivity index (χ0) is 14.7. The molecular formula is C15H13N5O. The van der Waals surface area contributed by atoms with Crippen molar-refractivity contribution < 1.29 is 4.74 Å². The lowest BCUT2D eigenvalue weighted by atomic mass is 10.2. The molecule has 21 heavy (non-hydrogen) atoms. The number of hydrogen-bond donors (Lipinski definition) is 1. The molecule has 0 aromatic carbocycles. The summed E-state index contributed by atoms with van der Waals surface area (Å²) in [7, 11) is 1.46. The van der Waals surface area contributed by atoms with E-state index in [0.29, 0.717) is 5.69 Å². The highest BCUT2D eigenvalue weighted by Gasteiger charge is 2.08. The van der Waals surface area contributed by atoms with E-state index in [1.54, 1.807) is 29.3 Å². The van der Waals surface area contributed by atoms with Crippen molar-refractivity contribution >= 4 is 5.90 Å². The predicted molar refractivity (Wildman–Crippen MR) is 78.4 cm³/mol. The minimum absolute atomic E-state index is 0.0384. The zero-order valence-electron chi connectivity index (χ0n) is 11.4. The van der Waals surface area contributed by atoms with Crippen molar-refractivity contribution in [2.24, 2.45) is 0 Å². The van der Waals surface area contributed by atoms with Gasteiger partial charge >= 0.3 is 0 Å². The van der Waals surface area contributed by atoms with E-state index in [1.165, 1.54) is 7.11 Å². The Kier molecular flexibility index (Phi) is 3.42. The van der Waals surface area contributed by atoms with Gasteiger partial charge in [-0.25, -0.2) is 9.67 Å². The monoisotopic (exact) mass is 279 g/mol. The minimum atomic E-state index is 0.0384. The second kappa shape index (κ2) is 5.54. The molecule has 0 atom stereocenters. The van der Waals surface area contributed by atoms with Crippen LogP contribution in [0.5, 0.6) is 0 Å². The first-order chi connectivity index (χ1) is 10.3. The number of ether oxygens (including phenoxy) is 1. The van der Waals surface area contributed by atoms with Crippen molar-refractivity contribution in [3.8, 4) is 16.9 Å². The van der Waals surface area contributed by atoms with Crippen LogP contribution in [0.2, 0.25) is 0 Å². The molecule has 0 fully saturated rings. The number of rotatable bonds is 3. The molecule has 0 aliphatic heterocycles. The first-order valence-corrected chi connectivity index (χ1v) is 6.33. The van der Waals surface area contributed by atoms with Crippen molar-refractivity contribution in [2.45, 2.75) is 0 Å². The van der Waals surface area contributed by atoms with Crippen molar-refractivity contribution in [3.05, 3.63) is 60.8 Å². The van der Waals surface area contributed by atoms with Crippen LogP contribution in [-0.4, -0.2) is 32.8 Å². The Morgan fingerprint density at radius 2 is 2.10 bits per heavy atom. The van der Waals surface area contributed by atoms with Crippen LogP contribution in [0, 0.1) is 5.41 Å². The molecule has 0 radical (unpaired) electrons. The second-order valence-corrected chi connectivity index (χ2v) is 4.33. The molecule has 1 N–H and O–H groups in total. The number of hydrogen-bond acceptors (Lipinski definition) is 5. The molecule has 6 heteroatoms. The lowest BCUT2D eigenvalue weighted by Gasteiger charge is -2.03. The summed E-state index contributed by atoms with van der Waals surface area (Å²) in [6.07, 6.45) is 7.06. The molecule has 104 valence electrons. The lowest BCUT2D eigenvalue weighted by molar-refractivity contribution is 0.399. The lowest BCUT2D eigenvalue weighted by Crippen LogP contribution is -2.04. The largest absolute Gasteiger partial charge is 0.480 e. The standard InChI is InChI=1S/C15H13N5O/c1-21-15(16)14-6-2-5-13(19-14)11-8-18-20(10-11)12-4-3-7-17-9-12/h2-10,16H,1H3. The molecule has 3 heterocycles. The van der Waals surface area contributed by atoms with Crippen LogP contribution in [0.4, 0.5) is 0 Å². The molecule has 0 bridgehead atoms. The highest BCUT2D eigenvalue weighted by molar-refractivity contribution is 5.89. The molecule has 0 saturated carbocycles. The van der Waals surface area contributed by atoms with E-state index < -0.39 is 0 Å². The summed E-state index contributed by atoms with van der Waals surface area (Å²) >= 11 is 0. The summed E-state index contributed by atoms with van der Waals surface area (Å²) in [6.45, 7) is 0. The maximum atomic E-state index is 7.66. The third kappa shape index (κ3) is 2.64. The Morgan fingerprint density at radius 1 is 1.19 bits per heavy atom. The first kappa shape index (κ1) is 13.0. The van der Waals surface area contributed by atoms with Crippen LogP contribution >= 0.6 is 0 Å². The molecule has 0 spiro atoms. The zero-order valence-corrected chi connectivity index (χ0v) is 11.4. The fourth-order valence-electron chi connectivity index (χ4n) is 1.91. The van der Waals surface area contributed by atoms with Gasteiger partial charge in [0, 0.05) is 18.0 Å². The SMILES string of the molecule is COC(=N)c1cccc(-c2cnn(-c3cccnc3)c2)n1. The number of aromatic nitrogens is 4. The second-order valence-electron chi connectivity index (χ2n) is 4.33. The van der Waals surface area contributed by atoms with Crippen molar-refractivity contribution in [3.63, 3.8) is 0 Å². The van der Waals surface area contributed by atoms with Gasteiger partial charge in [-0.05, 0) is 24.3 Å². The molecule has 3 aromatic rings. The number of nitrogens with zero attached hydrogens (tertiary/aromatic N) is 4. The summed E-state index contributed by atoms with van der Waals surface area (Å²) in [5.74, 6) is 0.0384. The van der Waals surface area contributed by atoms with Gasteiger partial charge in [-0.15, -0.1) is 0 Å². The van der Waals surface area contributed by atoms with Gasteiger partial charge in [-0.1, -0.05) is 6.07 Å². The quantitative estimate of drug-likeness (QED) is 0.589. The topological polar surface area (TPSA) is 76.7 Å². The molecule has 6 nitrogen and oxygen atoms in total. The summed E-state index contributed by atoms with van der Waals surface area (Å²) in [6, 6.07) is 9.23. The average Bonchev–Trinajstić information content (AvgIpc) is 3.05. The maximum Gasteiger partial charge on any atom is 0.232 e. The van der Waals surface area contributed by atoms with Crippen molar-refractivity contribution in [1.82, 2.24) is 19.7 Å². The van der Waals surface area contributed by atoms with Gasteiger partial charge in [-0.3, -0.25) is 10.4 Å². The van der Waals surface area contributed by atoms with Gasteiger partial charge in [-0.2, -0.15) is 5.10 Å². The van der Waals surface area contributed by atoms with E-state index in [9.17, 15) is 0 Å². The van der Waals surface area contributed by atoms with E-state index in [0.717, 1.165) is 16.9 Å². The van der Waals surface area contributed by atoms with Crippen LogP contribution in [0.3, 0.4) is 0 Å². The van der Waals surface area contributed by atoms with E-state index in [1.807, 2.05) is 30.5 Å². The molecule has 3 rings (SSSR count). The van der Waals surface area contributed by atoms with Crippen LogP contribution in [-0.2, 0) is 4.74 Å². The van der Waals surface area contributed by atoms with E-state index in [4.69, 9.17) is 10.1 Å². The number of nitrogens with one attached hydrogen (secondary N) is 1. The Bertz CT molecular complexity index is 766. The fourth-order valence-corrected chi connectivity index (χ4v) is 1.91. The van der Waals surface area contributed by atoms with Crippen molar-refractivity contribution in [1.29, 1.82) is 5.41 Å². The first-order valence-electron chi connectivity index (χ1n) is 6.33. The Hall–Kier alpha value is -3.02. The van der Waals surface area contributed by atoms with Crippen LogP contribution < -0.4 is 0 Å². The third-order valence-electron chi connectivity index (χ3n) is 2.97. The summed E-state index contributed by atoms with van der Waals surface area (Å²) in [5, 5.41) is 12.0. The molecule has 0 unspecified atom stereocenters. The summed E-state index contributed by atoms with van der Waals surface area (Å²) < 4.78 is 6.63. The van der Waals surface area contributed by atoms with E-state index in [-0.39, 0.29) is 5.90 Å². The summed E-state index contributed by atoms with van der Waals surface area (Å²) in [4.78, 5) is 8.47. The fraction of sp³-hybridized carbons (Fsp3) is 0.0667. The van der Waals surface area contributed by atoms with Gasteiger partial charge in [0.05, 0.1) is 30.9 Å². The number of methoxy groups -OCH3 is 1. The van der Waals surface area contributed by atoms with Crippen LogP contribution in [0.25, 0.3) is 16.9 Å². The van der Waals surface area contributed by atoms with E-state index >= 15 is 0 Å². The Labute approximate surface area is 121 Å². The van der Waals surface area contributed by atoms with Crippen LogP contribution in [0.1, 0.15) is 5.69 Å². The van der Waals surface area contributed by atoms with Gasteiger partial charge in [0.1, 0.15) is 5.69 Å². The van der Waals surface area contributed by atoms with Gasteiger partial charge < -0.3 is 4.74 Å². The van der Waals surface area contributed by atoms with Gasteiger partial charge in [0.25, 0.3) is 0 Å². The minimum Gasteiger partial charge on any atom is -0.480 e. The summed E-state index contributed by atoms with van der Waals surface area (Å²) in [5.41, 5.74) is 2.97. The maximum absolute atomic E-state index is 7.66. The van der Waals surface area contributed by atoms with Gasteiger partial charge in [0.2, 0.25) is 5.90 Å². The third-order valence-corrected chi connectivity index (χ3v) is 2.97. The predicted octanol–water partition coefficient (Wildman–Crippen LogP) is 2.30. The molecule has 0 aliphatic carbocycles. The highest BCUT2D eigenvalue weighted by atomic mass is 16.5. The smallest absolute Gasteiger partial charge is 0.232 e. The average molecular weight is 279 g/mol. The Balaban J connectivity index is 1.95. The Morgan fingerprint density at radius 3 is 2.86 bits per heavy atom.